The Kier molecular flexibility index (Phi) is 4.85. The third-order valence-corrected chi connectivity index (χ3v) is 3.47. The predicted molar refractivity (Wildman–Crippen MR) is 73.5 cm³/mol. The molecule has 17 heavy (non-hydrogen) atoms. The lowest BCUT2D eigenvalue weighted by molar-refractivity contribution is 0.133. The molecule has 0 fully saturated rings. The van der Waals surface area contributed by atoms with Crippen LogP contribution in [0.3, 0.4) is 0 Å². The molecule has 0 saturated carbocycles. The summed E-state index contributed by atoms with van der Waals surface area (Å²) in [7, 11) is 0. The van der Waals surface area contributed by atoms with Crippen LogP contribution in [0, 0.1) is 5.41 Å². The molecule has 0 heterocycles. The normalized spacial score (nSPS) is 15.7. The largest absolute Gasteiger partial charge is 0.388 e. The molecule has 0 unspecified atom stereocenters. The molecule has 0 radical (unpaired) electrons. The molecule has 0 aliphatic rings. The van der Waals surface area contributed by atoms with Gasteiger partial charge in [0.1, 0.15) is 0 Å². The van der Waals surface area contributed by atoms with Gasteiger partial charge in [0.05, 0.1) is 6.10 Å². The predicted octanol–water partition coefficient (Wildman–Crippen LogP) is 3.79. The van der Waals surface area contributed by atoms with Crippen molar-refractivity contribution >= 4 is 23.2 Å². The Morgan fingerprint density at radius 1 is 1.29 bits per heavy atom. The van der Waals surface area contributed by atoms with Crippen LogP contribution in [0.5, 0.6) is 0 Å². The van der Waals surface area contributed by atoms with Crippen molar-refractivity contribution in [3.63, 3.8) is 0 Å². The highest BCUT2D eigenvalue weighted by Gasteiger charge is 2.24. The second-order valence-corrected chi connectivity index (χ2v) is 6.23. The first-order chi connectivity index (χ1) is 7.71. The summed E-state index contributed by atoms with van der Waals surface area (Å²) in [6, 6.07) is 4.99. The van der Waals surface area contributed by atoms with Crippen molar-refractivity contribution in [1.82, 2.24) is 0 Å². The molecule has 3 N–H and O–H groups in total. The third kappa shape index (κ3) is 4.14. The van der Waals surface area contributed by atoms with Crippen molar-refractivity contribution in [2.75, 3.05) is 0 Å². The monoisotopic (exact) mass is 275 g/mol. The fourth-order valence-corrected chi connectivity index (χ4v) is 2.03. The first kappa shape index (κ1) is 14.8. The molecular weight excluding hydrogens is 257 g/mol. The van der Waals surface area contributed by atoms with Crippen LogP contribution in [-0.2, 0) is 0 Å². The Balaban J connectivity index is 2.80. The Bertz CT molecular complexity index is 387. The number of nitrogens with two attached hydrogens (primary N) is 1. The van der Waals surface area contributed by atoms with Crippen molar-refractivity contribution in [2.45, 2.75) is 39.3 Å². The summed E-state index contributed by atoms with van der Waals surface area (Å²) in [5.74, 6) is 0. The van der Waals surface area contributed by atoms with Gasteiger partial charge in [-0.2, -0.15) is 0 Å². The van der Waals surface area contributed by atoms with Gasteiger partial charge in [0.15, 0.2) is 0 Å². The van der Waals surface area contributed by atoms with Gasteiger partial charge in [-0.1, -0.05) is 50.0 Å². The summed E-state index contributed by atoms with van der Waals surface area (Å²) in [5.41, 5.74) is 6.67. The van der Waals surface area contributed by atoms with E-state index < -0.39 is 6.10 Å². The van der Waals surface area contributed by atoms with Gasteiger partial charge in [0.25, 0.3) is 0 Å². The number of hydrogen-bond acceptors (Lipinski definition) is 2. The molecule has 0 saturated heterocycles. The molecule has 0 bridgehead atoms. The molecule has 0 aromatic heterocycles. The van der Waals surface area contributed by atoms with Gasteiger partial charge in [0.2, 0.25) is 0 Å². The fourth-order valence-electron chi connectivity index (χ4n) is 1.49. The molecule has 0 amide bonds. The number of aliphatic hydroxyl groups is 1. The molecule has 2 nitrogen and oxygen atoms in total. The van der Waals surface area contributed by atoms with Crippen LogP contribution in [-0.4, -0.2) is 11.1 Å². The van der Waals surface area contributed by atoms with Crippen LogP contribution in [0.25, 0.3) is 0 Å². The van der Waals surface area contributed by atoms with Crippen LogP contribution < -0.4 is 5.73 Å². The lowest BCUT2D eigenvalue weighted by Crippen LogP contribution is -2.36. The zero-order valence-corrected chi connectivity index (χ0v) is 11.9. The van der Waals surface area contributed by atoms with Gasteiger partial charge in [0, 0.05) is 16.1 Å². The lowest BCUT2D eigenvalue weighted by atomic mass is 9.83. The average molecular weight is 276 g/mol. The van der Waals surface area contributed by atoms with Crippen LogP contribution in [0.15, 0.2) is 18.2 Å². The minimum atomic E-state index is -0.658. The summed E-state index contributed by atoms with van der Waals surface area (Å²) in [5, 5.41) is 11.2. The molecule has 1 aromatic carbocycles. The van der Waals surface area contributed by atoms with Gasteiger partial charge < -0.3 is 10.8 Å². The van der Waals surface area contributed by atoms with Gasteiger partial charge in [-0.15, -0.1) is 0 Å². The van der Waals surface area contributed by atoms with E-state index in [1.165, 1.54) is 0 Å². The van der Waals surface area contributed by atoms with Gasteiger partial charge in [-0.25, -0.2) is 0 Å². The maximum absolute atomic E-state index is 10.1. The second-order valence-electron chi connectivity index (χ2n) is 5.39. The number of rotatable bonds is 3. The van der Waals surface area contributed by atoms with Crippen molar-refractivity contribution in [3.05, 3.63) is 33.8 Å². The number of benzene rings is 1. The zero-order valence-electron chi connectivity index (χ0n) is 10.4. The van der Waals surface area contributed by atoms with Crippen LogP contribution in [0.2, 0.25) is 10.0 Å². The Morgan fingerprint density at radius 2 is 1.88 bits per heavy atom. The maximum atomic E-state index is 10.1. The lowest BCUT2D eigenvalue weighted by Gasteiger charge is -2.29. The van der Waals surface area contributed by atoms with Crippen molar-refractivity contribution < 1.29 is 5.11 Å². The molecule has 1 aromatic rings. The SMILES string of the molecule is CC(C)(C)[C@H](N)C[C@H](O)c1ccc(Cl)cc1Cl. The summed E-state index contributed by atoms with van der Waals surface area (Å²) in [6.45, 7) is 6.15. The van der Waals surface area contributed by atoms with E-state index in [1.807, 2.05) is 20.8 Å². The Labute approximate surface area is 113 Å². The first-order valence-electron chi connectivity index (χ1n) is 5.60. The molecule has 2 atom stereocenters. The molecule has 96 valence electrons. The minimum absolute atomic E-state index is 0.0418. The van der Waals surface area contributed by atoms with Crippen LogP contribution in [0.4, 0.5) is 0 Å². The summed E-state index contributed by atoms with van der Waals surface area (Å²) < 4.78 is 0. The quantitative estimate of drug-likeness (QED) is 0.882. The summed E-state index contributed by atoms with van der Waals surface area (Å²) in [6.07, 6.45) is -0.181. The fraction of sp³-hybridized carbons (Fsp3) is 0.538. The Hall–Kier alpha value is -0.280. The number of aliphatic hydroxyl groups excluding tert-OH is 1. The molecular formula is C13H19Cl2NO. The topological polar surface area (TPSA) is 46.2 Å². The highest BCUT2D eigenvalue weighted by atomic mass is 35.5. The van der Waals surface area contributed by atoms with Gasteiger partial charge in [-0.3, -0.25) is 0 Å². The Morgan fingerprint density at radius 3 is 2.35 bits per heavy atom. The molecule has 4 heteroatoms. The van der Waals surface area contributed by atoms with E-state index in [0.717, 1.165) is 0 Å². The number of hydrogen-bond donors (Lipinski definition) is 2. The van der Waals surface area contributed by atoms with Crippen LogP contribution >= 0.6 is 23.2 Å². The number of halogens is 2. The molecule has 1 rings (SSSR count). The van der Waals surface area contributed by atoms with Gasteiger partial charge in [-0.05, 0) is 29.5 Å². The highest BCUT2D eigenvalue weighted by Crippen LogP contribution is 2.31. The van der Waals surface area contributed by atoms with E-state index in [-0.39, 0.29) is 11.5 Å². The van der Waals surface area contributed by atoms with Crippen LogP contribution in [0.1, 0.15) is 38.9 Å². The van der Waals surface area contributed by atoms with Crippen molar-refractivity contribution in [2.24, 2.45) is 11.1 Å². The van der Waals surface area contributed by atoms with E-state index in [1.54, 1.807) is 18.2 Å². The summed E-state index contributed by atoms with van der Waals surface area (Å²) >= 11 is 11.8. The maximum Gasteiger partial charge on any atom is 0.0819 e. The minimum Gasteiger partial charge on any atom is -0.388 e. The zero-order chi connectivity index (χ0) is 13.2. The molecule has 0 spiro atoms. The van der Waals surface area contributed by atoms with E-state index in [9.17, 15) is 5.11 Å². The molecule has 0 aliphatic carbocycles. The third-order valence-electron chi connectivity index (χ3n) is 2.91. The molecule has 0 aliphatic heterocycles. The van der Waals surface area contributed by atoms with E-state index in [0.29, 0.717) is 22.0 Å². The summed E-state index contributed by atoms with van der Waals surface area (Å²) in [4.78, 5) is 0. The first-order valence-corrected chi connectivity index (χ1v) is 6.36. The van der Waals surface area contributed by atoms with E-state index >= 15 is 0 Å². The van der Waals surface area contributed by atoms with Crippen molar-refractivity contribution in [3.8, 4) is 0 Å². The van der Waals surface area contributed by atoms with Crippen molar-refractivity contribution in [1.29, 1.82) is 0 Å². The standard InChI is InChI=1S/C13H19Cl2NO/c1-13(2,3)12(16)7-11(17)9-5-4-8(14)6-10(9)15/h4-6,11-12,17H,7,16H2,1-3H3/t11-,12+/m0/s1. The van der Waals surface area contributed by atoms with E-state index in [2.05, 4.69) is 0 Å². The van der Waals surface area contributed by atoms with E-state index in [4.69, 9.17) is 28.9 Å². The smallest absolute Gasteiger partial charge is 0.0819 e. The van der Waals surface area contributed by atoms with Gasteiger partial charge >= 0.3 is 0 Å². The highest BCUT2D eigenvalue weighted by molar-refractivity contribution is 6.35. The average Bonchev–Trinajstić information content (AvgIpc) is 2.15. The second kappa shape index (κ2) is 5.57.